The highest BCUT2D eigenvalue weighted by atomic mass is 32.2. The molecule has 3 heterocycles. The van der Waals surface area contributed by atoms with Crippen molar-refractivity contribution in [3.63, 3.8) is 0 Å². The SMILES string of the molecule is CC[C@@H]1CC(c2ccc3nonc3c2S(N)(=O)=O)C[C@@H]1Nc1c(C#N)cnc2[nH]ccc12. The lowest BCUT2D eigenvalue weighted by Crippen LogP contribution is -2.24. The summed E-state index contributed by atoms with van der Waals surface area (Å²) in [5.74, 6) is 0.217. The van der Waals surface area contributed by atoms with Gasteiger partial charge in [-0.05, 0) is 52.7 Å². The van der Waals surface area contributed by atoms with Gasteiger partial charge < -0.3 is 10.3 Å². The van der Waals surface area contributed by atoms with E-state index < -0.39 is 10.0 Å². The second-order valence-electron chi connectivity index (χ2n) is 8.15. The first-order valence-electron chi connectivity index (χ1n) is 10.3. The first kappa shape index (κ1) is 20.4. The van der Waals surface area contributed by atoms with E-state index in [1.165, 1.54) is 0 Å². The number of sulfonamides is 1. The number of nitrogens with one attached hydrogen (secondary N) is 2. The summed E-state index contributed by atoms with van der Waals surface area (Å²) in [5, 5.41) is 27.1. The lowest BCUT2D eigenvalue weighted by Gasteiger charge is -2.22. The van der Waals surface area contributed by atoms with E-state index in [9.17, 15) is 13.7 Å². The topological polar surface area (TPSA) is 164 Å². The monoisotopic (exact) mass is 451 g/mol. The maximum Gasteiger partial charge on any atom is 0.240 e. The molecule has 0 saturated heterocycles. The fraction of sp³-hybridized carbons (Fsp3) is 0.333. The summed E-state index contributed by atoms with van der Waals surface area (Å²) < 4.78 is 29.7. The van der Waals surface area contributed by atoms with Gasteiger partial charge in [0.1, 0.15) is 22.1 Å². The van der Waals surface area contributed by atoms with Crippen molar-refractivity contribution in [2.45, 2.75) is 43.0 Å². The second-order valence-corrected chi connectivity index (χ2v) is 9.65. The molecular formula is C21H21N7O3S. The van der Waals surface area contributed by atoms with Crippen molar-refractivity contribution in [3.05, 3.63) is 41.7 Å². The van der Waals surface area contributed by atoms with Gasteiger partial charge in [-0.15, -0.1) is 0 Å². The number of benzene rings is 1. The first-order valence-corrected chi connectivity index (χ1v) is 11.9. The lowest BCUT2D eigenvalue weighted by atomic mass is 9.95. The van der Waals surface area contributed by atoms with E-state index in [2.05, 4.69) is 38.6 Å². The van der Waals surface area contributed by atoms with Crippen molar-refractivity contribution in [2.24, 2.45) is 11.1 Å². The minimum atomic E-state index is -4.04. The molecule has 32 heavy (non-hydrogen) atoms. The van der Waals surface area contributed by atoms with Crippen LogP contribution in [0.5, 0.6) is 0 Å². The molecule has 164 valence electrons. The van der Waals surface area contributed by atoms with Crippen LogP contribution >= 0.6 is 0 Å². The van der Waals surface area contributed by atoms with Crippen molar-refractivity contribution < 1.29 is 13.0 Å². The van der Waals surface area contributed by atoms with Crippen LogP contribution in [-0.2, 0) is 10.0 Å². The molecule has 4 aromatic rings. The van der Waals surface area contributed by atoms with E-state index in [0.717, 1.165) is 23.9 Å². The number of nitrogens with two attached hydrogens (primary N) is 1. The van der Waals surface area contributed by atoms with Gasteiger partial charge in [0, 0.05) is 23.8 Å². The first-order chi connectivity index (χ1) is 15.4. The van der Waals surface area contributed by atoms with Gasteiger partial charge in [-0.2, -0.15) is 5.26 Å². The molecular weight excluding hydrogens is 430 g/mol. The Bertz CT molecular complexity index is 1470. The number of pyridine rings is 1. The number of aromatic amines is 1. The second kappa shape index (κ2) is 7.58. The summed E-state index contributed by atoms with van der Waals surface area (Å²) in [4.78, 5) is 7.34. The van der Waals surface area contributed by atoms with Crippen molar-refractivity contribution in [1.29, 1.82) is 5.26 Å². The molecule has 10 nitrogen and oxygen atoms in total. The molecule has 0 aliphatic heterocycles. The van der Waals surface area contributed by atoms with E-state index in [4.69, 9.17) is 9.77 Å². The molecule has 3 aromatic heterocycles. The van der Waals surface area contributed by atoms with E-state index in [1.807, 2.05) is 6.07 Å². The summed E-state index contributed by atoms with van der Waals surface area (Å²) in [6, 6.07) is 7.60. The number of hydrogen-bond donors (Lipinski definition) is 3. The van der Waals surface area contributed by atoms with Crippen LogP contribution in [0.3, 0.4) is 0 Å². The third-order valence-corrected chi connectivity index (χ3v) is 7.39. The number of hydrogen-bond acceptors (Lipinski definition) is 8. The largest absolute Gasteiger partial charge is 0.380 e. The summed E-state index contributed by atoms with van der Waals surface area (Å²) >= 11 is 0. The van der Waals surface area contributed by atoms with Gasteiger partial charge in [0.2, 0.25) is 10.0 Å². The van der Waals surface area contributed by atoms with Crippen LogP contribution in [-0.4, -0.2) is 34.7 Å². The highest BCUT2D eigenvalue weighted by Gasteiger charge is 2.37. The van der Waals surface area contributed by atoms with Gasteiger partial charge in [-0.3, -0.25) is 0 Å². The van der Waals surface area contributed by atoms with Crippen LogP contribution in [0.1, 0.15) is 43.2 Å². The number of fused-ring (bicyclic) bond motifs is 2. The Labute approximate surface area is 183 Å². The lowest BCUT2D eigenvalue weighted by molar-refractivity contribution is 0.315. The Morgan fingerprint density at radius 1 is 1.31 bits per heavy atom. The third-order valence-electron chi connectivity index (χ3n) is 6.39. The van der Waals surface area contributed by atoms with Crippen LogP contribution < -0.4 is 10.5 Å². The third kappa shape index (κ3) is 3.28. The zero-order chi connectivity index (χ0) is 22.5. The Balaban J connectivity index is 1.54. The minimum absolute atomic E-state index is 0.0218. The molecule has 1 aromatic carbocycles. The van der Waals surface area contributed by atoms with Gasteiger partial charge in [-0.1, -0.05) is 19.4 Å². The molecule has 0 amide bonds. The summed E-state index contributed by atoms with van der Waals surface area (Å²) in [5.41, 5.74) is 3.05. The van der Waals surface area contributed by atoms with Crippen LogP contribution in [0.2, 0.25) is 0 Å². The van der Waals surface area contributed by atoms with Crippen molar-refractivity contribution >= 4 is 37.8 Å². The number of anilines is 1. The van der Waals surface area contributed by atoms with Gasteiger partial charge >= 0.3 is 0 Å². The van der Waals surface area contributed by atoms with Gasteiger partial charge in [0.15, 0.2) is 5.52 Å². The number of H-pyrrole nitrogens is 1. The fourth-order valence-electron chi connectivity index (χ4n) is 4.90. The van der Waals surface area contributed by atoms with Gasteiger partial charge in [-0.25, -0.2) is 23.2 Å². The van der Waals surface area contributed by atoms with Crippen LogP contribution in [0, 0.1) is 17.2 Å². The predicted molar refractivity (Wildman–Crippen MR) is 117 cm³/mol. The smallest absolute Gasteiger partial charge is 0.240 e. The van der Waals surface area contributed by atoms with E-state index in [0.29, 0.717) is 28.7 Å². The number of aromatic nitrogens is 4. The molecule has 1 aliphatic rings. The summed E-state index contributed by atoms with van der Waals surface area (Å²) in [6.07, 6.45) is 5.70. The standard InChI is InChI=1S/C21H21N7O3S/c1-2-11-7-12(14-3-4-16-19(28-31-27-16)20(14)32(23,29)30)8-17(11)26-18-13(9-22)10-25-21-15(18)5-6-24-21/h3-6,10-12,17H,2,7-8H2,1H3,(H2,23,29,30)(H2,24,25,26)/t11-,12?,17+/m1/s1. The molecule has 1 unspecified atom stereocenters. The maximum absolute atomic E-state index is 12.5. The van der Waals surface area contributed by atoms with Crippen LogP contribution in [0.25, 0.3) is 22.1 Å². The van der Waals surface area contributed by atoms with Crippen molar-refractivity contribution in [3.8, 4) is 6.07 Å². The Hall–Kier alpha value is -3.49. The van der Waals surface area contributed by atoms with E-state index >= 15 is 0 Å². The highest BCUT2D eigenvalue weighted by molar-refractivity contribution is 7.89. The van der Waals surface area contributed by atoms with Gasteiger partial charge in [0.05, 0.1) is 11.3 Å². The molecule has 0 bridgehead atoms. The average molecular weight is 452 g/mol. The molecule has 5 rings (SSSR count). The van der Waals surface area contributed by atoms with Crippen molar-refractivity contribution in [2.75, 3.05) is 5.32 Å². The quantitative estimate of drug-likeness (QED) is 0.417. The molecule has 0 spiro atoms. The van der Waals surface area contributed by atoms with E-state index in [1.54, 1.807) is 24.5 Å². The van der Waals surface area contributed by atoms with Crippen LogP contribution in [0.4, 0.5) is 5.69 Å². The highest BCUT2D eigenvalue weighted by Crippen LogP contribution is 2.44. The fourth-order valence-corrected chi connectivity index (χ4v) is 5.88. The van der Waals surface area contributed by atoms with E-state index in [-0.39, 0.29) is 28.3 Å². The molecule has 1 saturated carbocycles. The zero-order valence-electron chi connectivity index (χ0n) is 17.2. The molecule has 1 aliphatic carbocycles. The minimum Gasteiger partial charge on any atom is -0.380 e. The normalized spacial score (nSPS) is 21.2. The molecule has 4 N–H and O–H groups in total. The van der Waals surface area contributed by atoms with Crippen LogP contribution in [0.15, 0.2) is 40.1 Å². The number of rotatable bonds is 5. The molecule has 1 fully saturated rings. The Kier molecular flexibility index (Phi) is 4.83. The number of primary sulfonamides is 1. The Morgan fingerprint density at radius 2 is 2.16 bits per heavy atom. The number of nitriles is 1. The van der Waals surface area contributed by atoms with Gasteiger partial charge in [0.25, 0.3) is 0 Å². The maximum atomic E-state index is 12.5. The molecule has 3 atom stereocenters. The molecule has 0 radical (unpaired) electrons. The number of nitrogens with zero attached hydrogens (tertiary/aromatic N) is 4. The summed E-state index contributed by atoms with van der Waals surface area (Å²) in [7, 11) is -4.04. The Morgan fingerprint density at radius 3 is 2.91 bits per heavy atom. The summed E-state index contributed by atoms with van der Waals surface area (Å²) in [6.45, 7) is 2.11. The van der Waals surface area contributed by atoms with Crippen molar-refractivity contribution in [1.82, 2.24) is 20.3 Å². The predicted octanol–water partition coefficient (Wildman–Crippen LogP) is 3.00. The zero-order valence-corrected chi connectivity index (χ0v) is 18.1. The average Bonchev–Trinajstić information content (AvgIpc) is 3.51. The molecule has 11 heteroatoms.